The highest BCUT2D eigenvalue weighted by atomic mass is 127. The fraction of sp³-hybridized carbons (Fsp3) is 0.250. The molecule has 0 saturated carbocycles. The second-order valence-corrected chi connectivity index (χ2v) is 3.78. The summed E-state index contributed by atoms with van der Waals surface area (Å²) in [4.78, 5) is 0. The van der Waals surface area contributed by atoms with Gasteiger partial charge in [-0.25, -0.2) is 4.39 Å². The average molecular weight is 279 g/mol. The summed E-state index contributed by atoms with van der Waals surface area (Å²) in [6.07, 6.45) is 0. The summed E-state index contributed by atoms with van der Waals surface area (Å²) in [5.74, 6) is 0.367. The standard InChI is InChI=1S/C8H7FINO/c9-5-2-1-4-6(11)3-12-8(4)7(5)10/h1-2,6H,3,11H2. The van der Waals surface area contributed by atoms with Crippen molar-refractivity contribution in [2.45, 2.75) is 6.04 Å². The van der Waals surface area contributed by atoms with Crippen LogP contribution in [-0.2, 0) is 0 Å². The van der Waals surface area contributed by atoms with Crippen LogP contribution in [0.2, 0.25) is 0 Å². The van der Waals surface area contributed by atoms with E-state index in [2.05, 4.69) is 0 Å². The van der Waals surface area contributed by atoms with Gasteiger partial charge in [-0.3, -0.25) is 0 Å². The molecule has 1 atom stereocenters. The molecule has 1 aromatic rings. The first-order valence-electron chi connectivity index (χ1n) is 3.56. The second-order valence-electron chi connectivity index (χ2n) is 2.70. The molecule has 1 unspecified atom stereocenters. The SMILES string of the molecule is NC1COc2c1ccc(F)c2I. The zero-order valence-corrected chi connectivity index (χ0v) is 8.34. The van der Waals surface area contributed by atoms with Crippen molar-refractivity contribution < 1.29 is 9.13 Å². The van der Waals surface area contributed by atoms with Crippen LogP contribution < -0.4 is 10.5 Å². The summed E-state index contributed by atoms with van der Waals surface area (Å²) >= 11 is 1.93. The number of ether oxygens (including phenoxy) is 1. The highest BCUT2D eigenvalue weighted by Gasteiger charge is 2.24. The van der Waals surface area contributed by atoms with E-state index in [0.717, 1.165) is 5.56 Å². The molecule has 1 aliphatic rings. The molecule has 0 saturated heterocycles. The monoisotopic (exact) mass is 279 g/mol. The number of rotatable bonds is 0. The van der Waals surface area contributed by atoms with Crippen molar-refractivity contribution in [3.05, 3.63) is 27.1 Å². The number of fused-ring (bicyclic) bond motifs is 1. The minimum atomic E-state index is -0.247. The number of halogens is 2. The first-order chi connectivity index (χ1) is 5.70. The third-order valence-electron chi connectivity index (χ3n) is 1.89. The maximum absolute atomic E-state index is 13.0. The van der Waals surface area contributed by atoms with Gasteiger partial charge in [-0.15, -0.1) is 0 Å². The Kier molecular flexibility index (Phi) is 1.96. The smallest absolute Gasteiger partial charge is 0.140 e. The molecule has 2 N–H and O–H groups in total. The van der Waals surface area contributed by atoms with Crippen LogP contribution in [0.1, 0.15) is 11.6 Å². The Morgan fingerprint density at radius 2 is 2.33 bits per heavy atom. The lowest BCUT2D eigenvalue weighted by molar-refractivity contribution is 0.330. The fourth-order valence-electron chi connectivity index (χ4n) is 1.25. The van der Waals surface area contributed by atoms with Crippen LogP contribution in [0.15, 0.2) is 12.1 Å². The van der Waals surface area contributed by atoms with Gasteiger partial charge in [0.1, 0.15) is 18.2 Å². The van der Waals surface area contributed by atoms with Crippen LogP contribution in [0.5, 0.6) is 5.75 Å². The number of hydrogen-bond acceptors (Lipinski definition) is 2. The van der Waals surface area contributed by atoms with Gasteiger partial charge in [-0.2, -0.15) is 0 Å². The van der Waals surface area contributed by atoms with E-state index in [1.807, 2.05) is 22.6 Å². The normalized spacial score (nSPS) is 20.4. The van der Waals surface area contributed by atoms with Gasteiger partial charge < -0.3 is 10.5 Å². The van der Waals surface area contributed by atoms with Gasteiger partial charge in [0.05, 0.1) is 9.61 Å². The molecule has 0 radical (unpaired) electrons. The molecule has 0 spiro atoms. The third-order valence-corrected chi connectivity index (χ3v) is 2.89. The van der Waals surface area contributed by atoms with Crippen LogP contribution in [0.3, 0.4) is 0 Å². The lowest BCUT2D eigenvalue weighted by atomic mass is 10.1. The molecule has 0 amide bonds. The van der Waals surface area contributed by atoms with E-state index < -0.39 is 0 Å². The molecular formula is C8H7FINO. The molecule has 4 heteroatoms. The maximum Gasteiger partial charge on any atom is 0.140 e. The van der Waals surface area contributed by atoms with Crippen LogP contribution in [0.4, 0.5) is 4.39 Å². The van der Waals surface area contributed by atoms with Crippen molar-refractivity contribution in [1.29, 1.82) is 0 Å². The molecule has 0 bridgehead atoms. The van der Waals surface area contributed by atoms with Crippen molar-refractivity contribution in [1.82, 2.24) is 0 Å². The van der Waals surface area contributed by atoms with Crippen molar-refractivity contribution in [3.8, 4) is 5.75 Å². The first kappa shape index (κ1) is 8.25. The molecule has 1 heterocycles. The van der Waals surface area contributed by atoms with Gasteiger partial charge in [0.2, 0.25) is 0 Å². The minimum absolute atomic E-state index is 0.103. The van der Waals surface area contributed by atoms with Crippen LogP contribution in [0.25, 0.3) is 0 Å². The lowest BCUT2D eigenvalue weighted by Crippen LogP contribution is -2.10. The lowest BCUT2D eigenvalue weighted by Gasteiger charge is -2.02. The van der Waals surface area contributed by atoms with Crippen LogP contribution in [-0.4, -0.2) is 6.61 Å². The molecule has 1 aliphatic heterocycles. The van der Waals surface area contributed by atoms with E-state index in [1.54, 1.807) is 6.07 Å². The molecule has 2 rings (SSSR count). The molecule has 12 heavy (non-hydrogen) atoms. The first-order valence-corrected chi connectivity index (χ1v) is 4.64. The third kappa shape index (κ3) is 1.09. The zero-order valence-electron chi connectivity index (χ0n) is 6.18. The molecule has 2 nitrogen and oxygen atoms in total. The largest absolute Gasteiger partial charge is 0.490 e. The Balaban J connectivity index is 2.60. The quantitative estimate of drug-likeness (QED) is 0.735. The van der Waals surface area contributed by atoms with Crippen molar-refractivity contribution >= 4 is 22.6 Å². The van der Waals surface area contributed by atoms with E-state index in [4.69, 9.17) is 10.5 Å². The van der Waals surface area contributed by atoms with Gasteiger partial charge >= 0.3 is 0 Å². The Hall–Kier alpha value is -0.360. The van der Waals surface area contributed by atoms with E-state index in [0.29, 0.717) is 15.9 Å². The minimum Gasteiger partial charge on any atom is -0.490 e. The summed E-state index contributed by atoms with van der Waals surface area (Å²) < 4.78 is 18.7. The van der Waals surface area contributed by atoms with E-state index in [-0.39, 0.29) is 11.9 Å². The zero-order chi connectivity index (χ0) is 8.72. The molecule has 1 aromatic carbocycles. The summed E-state index contributed by atoms with van der Waals surface area (Å²) in [6, 6.07) is 3.01. The van der Waals surface area contributed by atoms with Gasteiger partial charge in [0.15, 0.2) is 0 Å². The summed E-state index contributed by atoms with van der Waals surface area (Å²) in [7, 11) is 0. The topological polar surface area (TPSA) is 35.2 Å². The number of benzene rings is 1. The van der Waals surface area contributed by atoms with Crippen LogP contribution in [0, 0.1) is 9.39 Å². The molecule has 0 aliphatic carbocycles. The van der Waals surface area contributed by atoms with Gasteiger partial charge in [-0.1, -0.05) is 6.07 Å². The number of hydrogen-bond donors (Lipinski definition) is 1. The molecule has 0 fully saturated rings. The predicted molar refractivity (Wildman–Crippen MR) is 51.5 cm³/mol. The van der Waals surface area contributed by atoms with E-state index in [9.17, 15) is 4.39 Å². The molecular weight excluding hydrogens is 272 g/mol. The van der Waals surface area contributed by atoms with Gasteiger partial charge in [0, 0.05) is 5.56 Å². The Bertz CT molecular complexity index is 329. The average Bonchev–Trinajstić information content (AvgIpc) is 2.41. The highest BCUT2D eigenvalue weighted by molar-refractivity contribution is 14.1. The Morgan fingerprint density at radius 1 is 1.58 bits per heavy atom. The van der Waals surface area contributed by atoms with Crippen molar-refractivity contribution in [2.75, 3.05) is 6.61 Å². The van der Waals surface area contributed by atoms with Gasteiger partial charge in [0.25, 0.3) is 0 Å². The van der Waals surface area contributed by atoms with Crippen molar-refractivity contribution in [3.63, 3.8) is 0 Å². The van der Waals surface area contributed by atoms with Crippen LogP contribution >= 0.6 is 22.6 Å². The highest BCUT2D eigenvalue weighted by Crippen LogP contribution is 2.36. The van der Waals surface area contributed by atoms with Gasteiger partial charge in [-0.05, 0) is 28.7 Å². The number of nitrogens with two attached hydrogens (primary N) is 1. The Morgan fingerprint density at radius 3 is 3.08 bits per heavy atom. The van der Waals surface area contributed by atoms with E-state index >= 15 is 0 Å². The summed E-state index contributed by atoms with van der Waals surface area (Å²) in [5.41, 5.74) is 6.62. The van der Waals surface area contributed by atoms with E-state index in [1.165, 1.54) is 6.07 Å². The van der Waals surface area contributed by atoms with Crippen molar-refractivity contribution in [2.24, 2.45) is 5.73 Å². The maximum atomic E-state index is 13.0. The Labute approximate surface area is 83.0 Å². The fourth-order valence-corrected chi connectivity index (χ4v) is 1.90. The summed E-state index contributed by atoms with van der Waals surface area (Å²) in [5, 5.41) is 0. The second kappa shape index (κ2) is 2.85. The predicted octanol–water partition coefficient (Wildman–Crippen LogP) is 1.82. The molecule has 0 aromatic heterocycles. The summed E-state index contributed by atoms with van der Waals surface area (Å²) in [6.45, 7) is 0.453. The molecule has 64 valence electrons.